The van der Waals surface area contributed by atoms with Gasteiger partial charge in [-0.05, 0) is 12.8 Å². The summed E-state index contributed by atoms with van der Waals surface area (Å²) in [5, 5.41) is 8.53. The largest absolute Gasteiger partial charge is 0.486 e. The lowest BCUT2D eigenvalue weighted by atomic mass is 10.2. The van der Waals surface area contributed by atoms with E-state index >= 15 is 0 Å². The molecule has 0 spiro atoms. The molecule has 1 saturated carbocycles. The van der Waals surface area contributed by atoms with Crippen LogP contribution in [0.3, 0.4) is 0 Å². The van der Waals surface area contributed by atoms with Gasteiger partial charge in [-0.1, -0.05) is 11.6 Å². The summed E-state index contributed by atoms with van der Waals surface area (Å²) in [4.78, 5) is 2.16. The maximum absolute atomic E-state index is 5.98. The van der Waals surface area contributed by atoms with Gasteiger partial charge in [-0.2, -0.15) is 5.10 Å². The lowest BCUT2D eigenvalue weighted by Crippen LogP contribution is -2.30. The predicted molar refractivity (Wildman–Crippen MR) is 57.8 cm³/mol. The summed E-state index contributed by atoms with van der Waals surface area (Å²) in [6, 6.07) is 0. The van der Waals surface area contributed by atoms with E-state index in [4.69, 9.17) is 16.3 Å². The minimum Gasteiger partial charge on any atom is -0.486 e. The second kappa shape index (κ2) is 3.23. The van der Waals surface area contributed by atoms with E-state index in [1.807, 2.05) is 7.05 Å². The Kier molecular flexibility index (Phi) is 1.99. The number of aromatic nitrogens is 2. The Labute approximate surface area is 93.2 Å². The number of halogens is 1. The third-order valence-corrected chi connectivity index (χ3v) is 3.16. The van der Waals surface area contributed by atoms with Gasteiger partial charge < -0.3 is 9.64 Å². The summed E-state index contributed by atoms with van der Waals surface area (Å²) >= 11 is 5.98. The number of hydrogen-bond acceptors (Lipinski definition) is 4. The summed E-state index contributed by atoms with van der Waals surface area (Å²) < 4.78 is 5.57. The molecule has 0 radical (unpaired) electrons. The first-order valence-corrected chi connectivity index (χ1v) is 5.55. The van der Waals surface area contributed by atoms with Gasteiger partial charge >= 0.3 is 0 Å². The Balaban J connectivity index is 2.16. The maximum Gasteiger partial charge on any atom is 0.195 e. The molecule has 15 heavy (non-hydrogen) atoms. The highest BCUT2D eigenvalue weighted by Gasteiger charge is 2.33. The minimum atomic E-state index is 0.376. The van der Waals surface area contributed by atoms with Gasteiger partial charge in [0.2, 0.25) is 0 Å². The topological polar surface area (TPSA) is 38.2 Å². The third kappa shape index (κ3) is 1.44. The first-order chi connectivity index (χ1) is 7.27. The molecule has 0 N–H and O–H groups in total. The normalized spacial score (nSPS) is 19.7. The predicted octanol–water partition coefficient (Wildman–Crippen LogP) is 1.84. The highest BCUT2D eigenvalue weighted by molar-refractivity contribution is 6.31. The van der Waals surface area contributed by atoms with Crippen LogP contribution in [0, 0.1) is 0 Å². The Morgan fingerprint density at radius 3 is 2.93 bits per heavy atom. The van der Waals surface area contributed by atoms with Crippen LogP contribution in [0.5, 0.6) is 5.75 Å². The molecule has 1 aliphatic heterocycles. The monoisotopic (exact) mass is 225 g/mol. The molecule has 1 fully saturated rings. The highest BCUT2D eigenvalue weighted by Crippen LogP contribution is 2.48. The maximum atomic E-state index is 5.98. The van der Waals surface area contributed by atoms with E-state index in [-0.39, 0.29) is 0 Å². The molecule has 0 aromatic carbocycles. The van der Waals surface area contributed by atoms with E-state index in [1.54, 1.807) is 0 Å². The number of fused-ring (bicyclic) bond motifs is 1. The fourth-order valence-electron chi connectivity index (χ4n) is 1.93. The number of rotatable bonds is 1. The summed E-state index contributed by atoms with van der Waals surface area (Å²) in [5.41, 5.74) is 2.10. The molecule has 0 unspecified atom stereocenters. The molecule has 2 aliphatic rings. The van der Waals surface area contributed by atoms with Gasteiger partial charge in [0.1, 0.15) is 12.3 Å². The molecule has 1 aromatic rings. The molecule has 80 valence electrons. The van der Waals surface area contributed by atoms with Crippen LogP contribution < -0.4 is 9.64 Å². The molecule has 1 aromatic heterocycles. The molecule has 0 amide bonds. The molecule has 0 atom stereocenters. The Hall–Kier alpha value is -1.03. The van der Waals surface area contributed by atoms with Gasteiger partial charge in [-0.15, -0.1) is 5.10 Å². The van der Waals surface area contributed by atoms with Crippen LogP contribution in [-0.4, -0.2) is 30.4 Å². The fraction of sp³-hybridized carbons (Fsp3) is 0.600. The molecule has 5 heteroatoms. The van der Waals surface area contributed by atoms with Crippen LogP contribution in [0.2, 0.25) is 5.15 Å². The number of likely N-dealkylation sites (N-methyl/N-ethyl adjacent to an activating group) is 1. The molecular weight excluding hydrogens is 214 g/mol. The van der Waals surface area contributed by atoms with Crippen molar-refractivity contribution in [2.24, 2.45) is 0 Å². The summed E-state index contributed by atoms with van der Waals surface area (Å²) in [6.45, 7) is 1.55. The fourth-order valence-corrected chi connectivity index (χ4v) is 2.11. The van der Waals surface area contributed by atoms with Crippen molar-refractivity contribution in [3.8, 4) is 5.75 Å². The average molecular weight is 226 g/mol. The number of hydrogen-bond donors (Lipinski definition) is 0. The summed E-state index contributed by atoms with van der Waals surface area (Å²) in [7, 11) is 2.05. The van der Waals surface area contributed by atoms with Crippen molar-refractivity contribution in [2.45, 2.75) is 18.8 Å². The molecule has 3 rings (SSSR count). The van der Waals surface area contributed by atoms with Crippen molar-refractivity contribution in [2.75, 3.05) is 25.1 Å². The van der Waals surface area contributed by atoms with Gasteiger partial charge in [0, 0.05) is 13.0 Å². The molecular formula is C10H12ClN3O. The summed E-state index contributed by atoms with van der Waals surface area (Å²) in [6.07, 6.45) is 2.41. The van der Waals surface area contributed by atoms with E-state index in [1.165, 1.54) is 12.8 Å². The van der Waals surface area contributed by atoms with E-state index in [0.717, 1.165) is 17.9 Å². The van der Waals surface area contributed by atoms with Crippen LogP contribution in [-0.2, 0) is 0 Å². The average Bonchev–Trinajstić information content (AvgIpc) is 3.03. The van der Waals surface area contributed by atoms with Crippen molar-refractivity contribution < 1.29 is 4.74 Å². The zero-order valence-corrected chi connectivity index (χ0v) is 9.29. The van der Waals surface area contributed by atoms with Gasteiger partial charge in [-0.3, -0.25) is 0 Å². The number of nitrogens with zero attached hydrogens (tertiary/aromatic N) is 3. The first-order valence-electron chi connectivity index (χ1n) is 5.17. The van der Waals surface area contributed by atoms with Crippen molar-refractivity contribution >= 4 is 17.3 Å². The standard InChI is InChI=1S/C10H12ClN3O/c1-14-4-5-15-9-8(14)7(6-2-3-6)12-13-10(9)11/h6H,2-5H2,1H3. The molecule has 0 bridgehead atoms. The lowest BCUT2D eigenvalue weighted by Gasteiger charge is -2.29. The van der Waals surface area contributed by atoms with Crippen LogP contribution in [0.1, 0.15) is 24.5 Å². The molecule has 4 nitrogen and oxygen atoms in total. The second-order valence-corrected chi connectivity index (χ2v) is 4.46. The van der Waals surface area contributed by atoms with E-state index in [9.17, 15) is 0 Å². The van der Waals surface area contributed by atoms with Gasteiger partial charge in [0.15, 0.2) is 10.9 Å². The molecule has 0 saturated heterocycles. The van der Waals surface area contributed by atoms with Crippen LogP contribution in [0.25, 0.3) is 0 Å². The number of anilines is 1. The van der Waals surface area contributed by atoms with Crippen molar-refractivity contribution in [3.05, 3.63) is 10.8 Å². The Morgan fingerprint density at radius 1 is 1.40 bits per heavy atom. The highest BCUT2D eigenvalue weighted by atomic mass is 35.5. The SMILES string of the molecule is CN1CCOc2c(Cl)nnc(C3CC3)c21. The number of ether oxygens (including phenoxy) is 1. The molecule has 1 aliphatic carbocycles. The van der Waals surface area contributed by atoms with Crippen LogP contribution >= 0.6 is 11.6 Å². The van der Waals surface area contributed by atoms with E-state index in [0.29, 0.717) is 23.4 Å². The van der Waals surface area contributed by atoms with Crippen molar-refractivity contribution in [1.82, 2.24) is 10.2 Å². The zero-order valence-electron chi connectivity index (χ0n) is 8.53. The Morgan fingerprint density at radius 2 is 2.20 bits per heavy atom. The van der Waals surface area contributed by atoms with E-state index < -0.39 is 0 Å². The van der Waals surface area contributed by atoms with Crippen LogP contribution in [0.15, 0.2) is 0 Å². The smallest absolute Gasteiger partial charge is 0.195 e. The van der Waals surface area contributed by atoms with Crippen LogP contribution in [0.4, 0.5) is 5.69 Å². The minimum absolute atomic E-state index is 0.376. The lowest BCUT2D eigenvalue weighted by molar-refractivity contribution is 0.308. The zero-order chi connectivity index (χ0) is 10.4. The first kappa shape index (κ1) is 9.21. The van der Waals surface area contributed by atoms with Crippen molar-refractivity contribution in [1.29, 1.82) is 0 Å². The Bertz CT molecular complexity index is 406. The molecule has 2 heterocycles. The van der Waals surface area contributed by atoms with Gasteiger partial charge in [0.05, 0.1) is 12.2 Å². The second-order valence-electron chi connectivity index (χ2n) is 4.10. The summed E-state index contributed by atoms with van der Waals surface area (Å²) in [5.74, 6) is 1.27. The van der Waals surface area contributed by atoms with Gasteiger partial charge in [0.25, 0.3) is 0 Å². The van der Waals surface area contributed by atoms with E-state index in [2.05, 4.69) is 15.1 Å². The van der Waals surface area contributed by atoms with Crippen molar-refractivity contribution in [3.63, 3.8) is 0 Å². The quantitative estimate of drug-likeness (QED) is 0.731. The third-order valence-electron chi connectivity index (χ3n) is 2.91. The van der Waals surface area contributed by atoms with Gasteiger partial charge in [-0.25, -0.2) is 0 Å².